The number of aryl methyl sites for hydroxylation is 1. The molecule has 0 aliphatic carbocycles. The molecular weight excluding hydrogens is 512 g/mol. The maximum absolute atomic E-state index is 12.6. The minimum Gasteiger partial charge on any atom is -0.497 e. The van der Waals surface area contributed by atoms with Crippen molar-refractivity contribution >= 4 is 29.0 Å². The fourth-order valence-corrected chi connectivity index (χ4v) is 5.66. The number of benzene rings is 2. The number of carbonyl (C=O) groups is 1. The Morgan fingerprint density at radius 2 is 1.72 bits per heavy atom. The summed E-state index contributed by atoms with van der Waals surface area (Å²) in [5.74, 6) is 0.929. The number of carbonyl (C=O) groups excluding carboxylic acids is 1. The molecule has 1 fully saturated rings. The van der Waals surface area contributed by atoms with Gasteiger partial charge in [-0.1, -0.05) is 18.2 Å². The van der Waals surface area contributed by atoms with Gasteiger partial charge in [0.25, 0.3) is 0 Å². The van der Waals surface area contributed by atoms with Gasteiger partial charge in [-0.05, 0) is 74.1 Å². The fourth-order valence-electron chi connectivity index (χ4n) is 5.32. The molecule has 0 saturated carbocycles. The second-order valence-corrected chi connectivity index (χ2v) is 9.59. The summed E-state index contributed by atoms with van der Waals surface area (Å²) >= 11 is 5.92. The van der Waals surface area contributed by atoms with E-state index in [1.807, 2.05) is 61.5 Å². The Hall–Kier alpha value is -4.37. The normalized spacial score (nSPS) is 16.6. The Balaban J connectivity index is 1.72. The number of ether oxygens (including phenoxy) is 3. The average molecular weight is 543 g/mol. The van der Waals surface area contributed by atoms with Gasteiger partial charge >= 0.3 is 5.97 Å². The van der Waals surface area contributed by atoms with Crippen LogP contribution in [0.4, 0.5) is 5.69 Å². The largest absolute Gasteiger partial charge is 0.497 e. The van der Waals surface area contributed by atoms with E-state index in [1.54, 1.807) is 26.5 Å². The summed E-state index contributed by atoms with van der Waals surface area (Å²) in [5, 5.41) is 4.06. The number of hydrogen-bond acceptors (Lipinski definition) is 6. The molecule has 0 spiro atoms. The van der Waals surface area contributed by atoms with Crippen LogP contribution in [0.15, 0.2) is 72.9 Å². The minimum absolute atomic E-state index is 0.240. The Morgan fingerprint density at radius 3 is 2.41 bits per heavy atom. The van der Waals surface area contributed by atoms with Crippen LogP contribution in [0.25, 0.3) is 5.69 Å². The van der Waals surface area contributed by atoms with Gasteiger partial charge in [0.15, 0.2) is 5.11 Å². The molecule has 0 bridgehead atoms. The first-order valence-electron chi connectivity index (χ1n) is 12.5. The van der Waals surface area contributed by atoms with Crippen LogP contribution in [-0.4, -0.2) is 42.0 Å². The van der Waals surface area contributed by atoms with E-state index in [-0.39, 0.29) is 18.1 Å². The van der Waals surface area contributed by atoms with Gasteiger partial charge in [-0.2, -0.15) is 0 Å². The van der Waals surface area contributed by atoms with Crippen molar-refractivity contribution in [3.8, 4) is 17.2 Å². The highest BCUT2D eigenvalue weighted by atomic mass is 32.1. The van der Waals surface area contributed by atoms with E-state index < -0.39 is 0 Å². The van der Waals surface area contributed by atoms with E-state index in [9.17, 15) is 4.79 Å². The topological polar surface area (TPSA) is 77.9 Å². The van der Waals surface area contributed by atoms with Crippen molar-refractivity contribution in [2.45, 2.75) is 25.9 Å². The lowest BCUT2D eigenvalue weighted by molar-refractivity contribution is 0.0600. The molecule has 39 heavy (non-hydrogen) atoms. The van der Waals surface area contributed by atoms with Gasteiger partial charge in [0.1, 0.15) is 11.5 Å². The van der Waals surface area contributed by atoms with Gasteiger partial charge in [-0.15, -0.1) is 0 Å². The Kier molecular flexibility index (Phi) is 7.26. The zero-order valence-corrected chi connectivity index (χ0v) is 23.3. The Bertz CT molecular complexity index is 1540. The van der Waals surface area contributed by atoms with Gasteiger partial charge in [-0.25, -0.2) is 4.79 Å². The average Bonchev–Trinajstić information content (AvgIpc) is 3.46. The lowest BCUT2D eigenvalue weighted by Crippen LogP contribution is -2.30. The molecule has 1 saturated heterocycles. The van der Waals surface area contributed by atoms with Crippen LogP contribution in [0.1, 0.15) is 45.1 Å². The standard InChI is InChI=1S/C30H30N4O4S/c1-18-16-22(19(2)33(18)24-12-7-6-10-21(24)29(35)38-5)28-27(23-11-8-9-15-31-23)32-30(39)34(28)25-14-13-20(36-3)17-26(25)37-4/h6-17,27-28H,1-5H3,(H,32,39)/t27-,28-/m1/s1. The quantitative estimate of drug-likeness (QED) is 0.243. The molecule has 200 valence electrons. The lowest BCUT2D eigenvalue weighted by atomic mass is 9.96. The number of esters is 1. The first-order chi connectivity index (χ1) is 18.9. The summed E-state index contributed by atoms with van der Waals surface area (Å²) in [5.41, 5.74) is 5.88. The van der Waals surface area contributed by atoms with Crippen LogP contribution >= 0.6 is 12.2 Å². The fraction of sp³-hybridized carbons (Fsp3) is 0.233. The van der Waals surface area contributed by atoms with Crippen LogP contribution in [-0.2, 0) is 4.74 Å². The molecule has 0 amide bonds. The molecule has 4 aromatic rings. The number of nitrogens with zero attached hydrogens (tertiary/aromatic N) is 3. The third kappa shape index (κ3) is 4.59. The highest BCUT2D eigenvalue weighted by Crippen LogP contribution is 2.47. The molecule has 3 heterocycles. The molecule has 2 aromatic heterocycles. The van der Waals surface area contributed by atoms with Crippen LogP contribution < -0.4 is 19.7 Å². The van der Waals surface area contributed by atoms with Crippen molar-refractivity contribution in [3.63, 3.8) is 0 Å². The zero-order chi connectivity index (χ0) is 27.7. The summed E-state index contributed by atoms with van der Waals surface area (Å²) < 4.78 is 18.4. The molecule has 1 aliphatic rings. The van der Waals surface area contributed by atoms with Crippen LogP contribution in [0, 0.1) is 13.8 Å². The molecule has 2 atom stereocenters. The molecule has 0 unspecified atom stereocenters. The molecule has 9 heteroatoms. The van der Waals surface area contributed by atoms with E-state index in [2.05, 4.69) is 32.8 Å². The van der Waals surface area contributed by atoms with E-state index in [4.69, 9.17) is 26.4 Å². The van der Waals surface area contributed by atoms with E-state index in [1.165, 1.54) is 7.11 Å². The number of nitrogens with one attached hydrogen (secondary N) is 1. The molecular formula is C30H30N4O4S. The number of thiocarbonyl (C=S) groups is 1. The van der Waals surface area contributed by atoms with Gasteiger partial charge in [0.2, 0.25) is 0 Å². The molecule has 2 aromatic carbocycles. The second-order valence-electron chi connectivity index (χ2n) is 9.20. The molecule has 1 N–H and O–H groups in total. The maximum atomic E-state index is 12.6. The first-order valence-corrected chi connectivity index (χ1v) is 12.9. The van der Waals surface area contributed by atoms with Crippen molar-refractivity contribution in [2.75, 3.05) is 26.2 Å². The minimum atomic E-state index is -0.390. The smallest absolute Gasteiger partial charge is 0.339 e. The highest BCUT2D eigenvalue weighted by molar-refractivity contribution is 7.80. The lowest BCUT2D eigenvalue weighted by Gasteiger charge is -2.29. The summed E-state index contributed by atoms with van der Waals surface area (Å²) in [6, 6.07) is 20.6. The third-order valence-corrected chi connectivity index (χ3v) is 7.40. The van der Waals surface area contributed by atoms with E-state index in [0.29, 0.717) is 22.2 Å². The number of hydrogen-bond donors (Lipinski definition) is 1. The zero-order valence-electron chi connectivity index (χ0n) is 22.5. The van der Waals surface area contributed by atoms with Crippen molar-refractivity contribution < 1.29 is 19.0 Å². The number of aromatic nitrogens is 2. The van der Waals surface area contributed by atoms with Gasteiger partial charge in [0.05, 0.1) is 56.0 Å². The maximum Gasteiger partial charge on any atom is 0.339 e. The van der Waals surface area contributed by atoms with Crippen LogP contribution in [0.2, 0.25) is 0 Å². The predicted octanol–water partition coefficient (Wildman–Crippen LogP) is 5.47. The summed E-state index contributed by atoms with van der Waals surface area (Å²) in [6.07, 6.45) is 1.78. The van der Waals surface area contributed by atoms with Gasteiger partial charge < -0.3 is 29.0 Å². The Labute approximate surface area is 233 Å². The van der Waals surface area contributed by atoms with Gasteiger partial charge in [-0.3, -0.25) is 4.98 Å². The van der Waals surface area contributed by atoms with Crippen molar-refractivity contribution in [1.82, 2.24) is 14.9 Å². The highest BCUT2D eigenvalue weighted by Gasteiger charge is 2.43. The number of pyridine rings is 1. The molecule has 8 nitrogen and oxygen atoms in total. The summed E-state index contributed by atoms with van der Waals surface area (Å²) in [4.78, 5) is 19.4. The first kappa shape index (κ1) is 26.2. The van der Waals surface area contributed by atoms with E-state index in [0.717, 1.165) is 34.0 Å². The van der Waals surface area contributed by atoms with Crippen molar-refractivity contribution in [3.05, 3.63) is 101 Å². The van der Waals surface area contributed by atoms with Crippen molar-refractivity contribution in [2.24, 2.45) is 0 Å². The summed E-state index contributed by atoms with van der Waals surface area (Å²) in [7, 11) is 4.64. The van der Waals surface area contributed by atoms with Crippen LogP contribution in [0.3, 0.4) is 0 Å². The molecule has 1 aliphatic heterocycles. The summed E-state index contributed by atoms with van der Waals surface area (Å²) in [6.45, 7) is 4.08. The van der Waals surface area contributed by atoms with Crippen molar-refractivity contribution in [1.29, 1.82) is 0 Å². The Morgan fingerprint density at radius 1 is 0.949 bits per heavy atom. The third-order valence-electron chi connectivity index (χ3n) is 7.08. The number of para-hydroxylation sites is 1. The SMILES string of the molecule is COC(=O)c1ccccc1-n1c(C)cc([C@@H]2[C@@H](c3ccccn3)NC(=S)N2c2ccc(OC)cc2OC)c1C. The second kappa shape index (κ2) is 10.8. The van der Waals surface area contributed by atoms with Crippen LogP contribution in [0.5, 0.6) is 11.5 Å². The molecule has 0 radical (unpaired) electrons. The molecule has 5 rings (SSSR count). The van der Waals surface area contributed by atoms with E-state index >= 15 is 0 Å². The monoisotopic (exact) mass is 542 g/mol. The number of anilines is 1. The van der Waals surface area contributed by atoms with Gasteiger partial charge in [0, 0.05) is 23.7 Å². The predicted molar refractivity (Wildman–Crippen MR) is 154 cm³/mol. The number of methoxy groups -OCH3 is 3. The number of rotatable bonds is 7.